The number of carbonyl (C=O) groups excluding carboxylic acids is 4. The van der Waals surface area contributed by atoms with Gasteiger partial charge in [0, 0.05) is 34.6 Å². The van der Waals surface area contributed by atoms with Crippen LogP contribution in [0, 0.1) is 11.8 Å². The minimum Gasteiger partial charge on any atom is -0.453 e. The number of amides is 4. The number of hydrogen-bond acceptors (Lipinski definition) is 8. The van der Waals surface area contributed by atoms with E-state index in [2.05, 4.69) is 69.1 Å². The molecule has 3 aromatic heterocycles. The summed E-state index contributed by atoms with van der Waals surface area (Å²) in [4.78, 5) is 68.9. The first-order chi connectivity index (χ1) is 26.4. The zero-order valence-electron chi connectivity index (χ0n) is 32.1. The zero-order valence-corrected chi connectivity index (χ0v) is 32.9. The highest BCUT2D eigenvalue weighted by Crippen LogP contribution is 2.39. The van der Waals surface area contributed by atoms with Crippen LogP contribution in [0.4, 0.5) is 9.59 Å². The second kappa shape index (κ2) is 15.8. The molecule has 4 atom stereocenters. The number of nitrogens with zero attached hydrogens (tertiary/aromatic N) is 3. The van der Waals surface area contributed by atoms with Crippen LogP contribution in [0.25, 0.3) is 42.7 Å². The highest BCUT2D eigenvalue weighted by atomic mass is 32.1. The van der Waals surface area contributed by atoms with Crippen LogP contribution in [-0.2, 0) is 19.1 Å². The van der Waals surface area contributed by atoms with E-state index in [1.54, 1.807) is 11.3 Å². The maximum Gasteiger partial charge on any atom is 0.407 e. The summed E-state index contributed by atoms with van der Waals surface area (Å²) in [5.74, 6) is 0.308. The molecule has 13 nitrogen and oxygen atoms in total. The molecule has 0 aliphatic carbocycles. The van der Waals surface area contributed by atoms with E-state index < -0.39 is 24.3 Å². The quantitative estimate of drug-likeness (QED) is 0.114. The number of alkyl carbamates (subject to hydrolysis) is 2. The number of imidazole rings is 1. The number of aromatic amines is 2. The van der Waals surface area contributed by atoms with Crippen LogP contribution in [-0.4, -0.2) is 88.1 Å². The van der Waals surface area contributed by atoms with Crippen LogP contribution in [0.5, 0.6) is 0 Å². The van der Waals surface area contributed by atoms with Crippen molar-refractivity contribution in [1.29, 1.82) is 0 Å². The topological polar surface area (TPSA) is 162 Å². The normalized spacial score (nSPS) is 18.3. The predicted octanol–water partition coefficient (Wildman–Crippen LogP) is 7.53. The van der Waals surface area contributed by atoms with Crippen LogP contribution in [0.15, 0.2) is 54.7 Å². The van der Waals surface area contributed by atoms with E-state index >= 15 is 0 Å². The molecule has 55 heavy (non-hydrogen) atoms. The number of carbonyl (C=O) groups is 4. The molecule has 7 rings (SSSR count). The molecule has 14 heteroatoms. The lowest BCUT2D eigenvalue weighted by Crippen LogP contribution is -2.51. The number of H-pyrrole nitrogens is 2. The molecule has 290 valence electrons. The molecule has 5 aromatic rings. The van der Waals surface area contributed by atoms with Crippen LogP contribution >= 0.6 is 11.3 Å². The summed E-state index contributed by atoms with van der Waals surface area (Å²) in [5, 5.41) is 8.74. The van der Waals surface area contributed by atoms with E-state index in [9.17, 15) is 19.2 Å². The lowest BCUT2D eigenvalue weighted by Gasteiger charge is -2.30. The second-order valence-electron chi connectivity index (χ2n) is 15.2. The molecule has 0 radical (unpaired) electrons. The average molecular weight is 768 g/mol. The van der Waals surface area contributed by atoms with Gasteiger partial charge in [-0.25, -0.2) is 14.6 Å². The first-order valence-electron chi connectivity index (χ1n) is 19.0. The Morgan fingerprint density at radius 3 is 2.00 bits per heavy atom. The molecule has 5 heterocycles. The predicted molar refractivity (Wildman–Crippen MR) is 212 cm³/mol. The fourth-order valence-corrected chi connectivity index (χ4v) is 8.90. The van der Waals surface area contributed by atoms with Crippen LogP contribution in [0.1, 0.15) is 77.0 Å². The van der Waals surface area contributed by atoms with Gasteiger partial charge in [0.05, 0.1) is 43.1 Å². The maximum absolute atomic E-state index is 13.7. The van der Waals surface area contributed by atoms with Crippen molar-refractivity contribution in [2.24, 2.45) is 11.8 Å². The van der Waals surface area contributed by atoms with Gasteiger partial charge in [0.2, 0.25) is 11.8 Å². The fourth-order valence-electron chi connectivity index (χ4n) is 7.93. The Hall–Kier alpha value is -5.37. The number of fused-ring (bicyclic) bond motifs is 2. The largest absolute Gasteiger partial charge is 0.453 e. The van der Waals surface area contributed by atoms with E-state index in [1.165, 1.54) is 14.2 Å². The molecule has 2 aliphatic heterocycles. The number of thiophene rings is 1. The first kappa shape index (κ1) is 37.9. The molecule has 0 saturated carbocycles. The smallest absolute Gasteiger partial charge is 0.407 e. The van der Waals surface area contributed by atoms with Crippen molar-refractivity contribution < 1.29 is 28.7 Å². The Balaban J connectivity index is 1.08. The molecule has 0 bridgehead atoms. The number of hydrogen-bond donors (Lipinski definition) is 4. The zero-order chi connectivity index (χ0) is 39.0. The summed E-state index contributed by atoms with van der Waals surface area (Å²) in [7, 11) is 2.60. The van der Waals surface area contributed by atoms with Crippen molar-refractivity contribution >= 4 is 57.0 Å². The molecule has 2 aliphatic rings. The van der Waals surface area contributed by atoms with Crippen molar-refractivity contribution in [3.63, 3.8) is 0 Å². The van der Waals surface area contributed by atoms with Crippen LogP contribution in [0.2, 0.25) is 0 Å². The summed E-state index contributed by atoms with van der Waals surface area (Å²) >= 11 is 1.67. The first-order valence-corrected chi connectivity index (χ1v) is 19.8. The monoisotopic (exact) mass is 767 g/mol. The van der Waals surface area contributed by atoms with Gasteiger partial charge in [-0.15, -0.1) is 11.3 Å². The second-order valence-corrected chi connectivity index (χ2v) is 16.3. The Kier molecular flexibility index (Phi) is 10.9. The van der Waals surface area contributed by atoms with Crippen molar-refractivity contribution in [1.82, 2.24) is 35.4 Å². The SMILES string of the molecule is COC(=O)NC(C(=O)N1CCC[C@H]1c1cc2cc3ccc(-c4ccc(-c5cnc([C@@H]6CCCN6C(=O)C(NC(=O)OC)C(C)C)[nH]5)s4)cc3cc2[nH]1)C(C)C. The highest BCUT2D eigenvalue weighted by molar-refractivity contribution is 7.18. The van der Waals surface area contributed by atoms with Gasteiger partial charge in [0.1, 0.15) is 17.9 Å². The lowest BCUT2D eigenvalue weighted by molar-refractivity contribution is -0.136. The molecule has 4 N–H and O–H groups in total. The fraction of sp³-hybridized carbons (Fsp3) is 0.439. The van der Waals surface area contributed by atoms with Crippen LogP contribution < -0.4 is 10.6 Å². The summed E-state index contributed by atoms with van der Waals surface area (Å²) in [6, 6.07) is 15.5. The third-order valence-corrected chi connectivity index (χ3v) is 12.0. The van der Waals surface area contributed by atoms with Gasteiger partial charge in [0.15, 0.2) is 0 Å². The summed E-state index contributed by atoms with van der Waals surface area (Å²) < 4.78 is 9.56. The van der Waals surface area contributed by atoms with Gasteiger partial charge in [-0.05, 0) is 90.3 Å². The number of nitrogens with one attached hydrogen (secondary N) is 4. The maximum atomic E-state index is 13.7. The van der Waals surface area contributed by atoms with Gasteiger partial charge in [-0.2, -0.15) is 0 Å². The molecule has 4 amide bonds. The third kappa shape index (κ3) is 7.64. The van der Waals surface area contributed by atoms with E-state index in [0.29, 0.717) is 13.1 Å². The Morgan fingerprint density at radius 1 is 0.745 bits per heavy atom. The number of ether oxygens (including phenoxy) is 2. The highest BCUT2D eigenvalue weighted by Gasteiger charge is 2.38. The number of likely N-dealkylation sites (tertiary alicyclic amines) is 2. The molecular formula is C41H49N7O6S. The van der Waals surface area contributed by atoms with Crippen molar-refractivity contribution in [3.8, 4) is 21.0 Å². The molecule has 0 spiro atoms. The molecule has 2 aromatic carbocycles. The number of methoxy groups -OCH3 is 2. The van der Waals surface area contributed by atoms with Gasteiger partial charge in [0.25, 0.3) is 0 Å². The standard InChI is InChI=1S/C41H49N7O6S/c1-22(2)35(45-40(51)53-5)38(49)47-15-7-9-31(47)29-20-27-17-24-11-12-25(18-26(24)19-28(27)43-29)33-13-14-34(55-33)30-21-42-37(44-30)32-10-8-16-48(32)39(50)36(23(3)4)46-41(52)54-6/h11-14,17-23,31-32,35-36,43H,7-10,15-16H2,1-6H3,(H,42,44)(H,45,51)(H,46,52)/t31-,32-,35?,36?/m0/s1. The Labute approximate surface area is 324 Å². The summed E-state index contributed by atoms with van der Waals surface area (Å²) in [5.41, 5.74) is 3.98. The Morgan fingerprint density at radius 2 is 1.36 bits per heavy atom. The molecule has 2 fully saturated rings. The van der Waals surface area contributed by atoms with Gasteiger partial charge < -0.3 is 39.9 Å². The van der Waals surface area contributed by atoms with Crippen molar-refractivity contribution in [2.45, 2.75) is 77.5 Å². The number of benzene rings is 2. The van der Waals surface area contributed by atoms with E-state index in [1.807, 2.05) is 43.7 Å². The number of rotatable bonds is 10. The van der Waals surface area contributed by atoms with Crippen molar-refractivity contribution in [2.75, 3.05) is 27.3 Å². The molecule has 2 saturated heterocycles. The third-order valence-electron chi connectivity index (χ3n) is 10.9. The number of aromatic nitrogens is 3. The lowest BCUT2D eigenvalue weighted by atomic mass is 10.0. The average Bonchev–Trinajstić information content (AvgIpc) is 4.02. The van der Waals surface area contributed by atoms with Crippen molar-refractivity contribution in [3.05, 3.63) is 66.2 Å². The molecular weight excluding hydrogens is 719 g/mol. The van der Waals surface area contributed by atoms with E-state index in [-0.39, 0.29) is 35.7 Å². The molecule has 2 unspecified atom stereocenters. The van der Waals surface area contributed by atoms with Gasteiger partial charge >= 0.3 is 12.2 Å². The summed E-state index contributed by atoms with van der Waals surface area (Å²) in [6.45, 7) is 8.88. The summed E-state index contributed by atoms with van der Waals surface area (Å²) in [6.07, 6.45) is 3.96. The van der Waals surface area contributed by atoms with Crippen LogP contribution in [0.3, 0.4) is 0 Å². The minimum atomic E-state index is -0.686. The van der Waals surface area contributed by atoms with E-state index in [0.717, 1.165) is 79.9 Å². The minimum absolute atomic E-state index is 0.0894. The Bertz CT molecular complexity index is 2220. The van der Waals surface area contributed by atoms with E-state index in [4.69, 9.17) is 14.5 Å². The van der Waals surface area contributed by atoms with Gasteiger partial charge in [-0.1, -0.05) is 39.8 Å². The van der Waals surface area contributed by atoms with Gasteiger partial charge in [-0.3, -0.25) is 9.59 Å².